The van der Waals surface area contributed by atoms with Crippen LogP contribution in [0.15, 0.2) is 23.2 Å². The van der Waals surface area contributed by atoms with E-state index in [0.29, 0.717) is 30.5 Å². The topological polar surface area (TPSA) is 86.7 Å². The van der Waals surface area contributed by atoms with Crippen LogP contribution >= 0.6 is 24.0 Å². The Balaban J connectivity index is 0.00000338. The Morgan fingerprint density at radius 1 is 1.23 bits per heavy atom. The van der Waals surface area contributed by atoms with Crippen LogP contribution in [0.5, 0.6) is 11.5 Å². The summed E-state index contributed by atoms with van der Waals surface area (Å²) in [5, 5.41) is 7.57. The molecule has 0 atom stereocenters. The molecule has 0 saturated carbocycles. The van der Waals surface area contributed by atoms with Crippen molar-refractivity contribution >= 4 is 29.9 Å². The molecule has 0 amide bonds. The fourth-order valence-corrected chi connectivity index (χ4v) is 2.71. The molecule has 1 aromatic heterocycles. The number of guanidine groups is 1. The summed E-state index contributed by atoms with van der Waals surface area (Å²) in [6.45, 7) is 5.29. The molecule has 0 unspecified atom stereocenters. The predicted octanol–water partition coefficient (Wildman–Crippen LogP) is 2.32. The van der Waals surface area contributed by atoms with Gasteiger partial charge in [-0.05, 0) is 43.5 Å². The van der Waals surface area contributed by atoms with Crippen molar-refractivity contribution in [2.24, 2.45) is 17.8 Å². The molecule has 0 aliphatic rings. The van der Waals surface area contributed by atoms with Crippen LogP contribution in [0.3, 0.4) is 0 Å². The second kappa shape index (κ2) is 10.2. The van der Waals surface area contributed by atoms with Gasteiger partial charge in [0.25, 0.3) is 0 Å². The zero-order chi connectivity index (χ0) is 18.4. The lowest BCUT2D eigenvalue weighted by molar-refractivity contribution is 0.354. The van der Waals surface area contributed by atoms with Crippen LogP contribution in [0.25, 0.3) is 0 Å². The maximum absolute atomic E-state index is 5.96. The van der Waals surface area contributed by atoms with E-state index in [4.69, 9.17) is 15.2 Å². The van der Waals surface area contributed by atoms with E-state index < -0.39 is 0 Å². The number of hydrogen-bond donors (Lipinski definition) is 2. The van der Waals surface area contributed by atoms with Gasteiger partial charge < -0.3 is 20.5 Å². The molecular formula is C18H28IN5O2. The Kier molecular flexibility index (Phi) is 8.70. The highest BCUT2D eigenvalue weighted by Crippen LogP contribution is 2.27. The van der Waals surface area contributed by atoms with E-state index in [9.17, 15) is 0 Å². The molecule has 0 aliphatic carbocycles. The van der Waals surface area contributed by atoms with Crippen molar-refractivity contribution < 1.29 is 9.47 Å². The first-order valence-corrected chi connectivity index (χ1v) is 8.20. The number of rotatable bonds is 7. The third-order valence-electron chi connectivity index (χ3n) is 4.22. The van der Waals surface area contributed by atoms with E-state index in [1.165, 1.54) is 11.3 Å². The smallest absolute Gasteiger partial charge is 0.188 e. The first-order valence-electron chi connectivity index (χ1n) is 8.20. The Hall–Kier alpha value is -1.97. The van der Waals surface area contributed by atoms with Gasteiger partial charge in [0.1, 0.15) is 0 Å². The van der Waals surface area contributed by atoms with Crippen LogP contribution in [0, 0.1) is 13.8 Å². The Bertz CT molecular complexity index is 758. The summed E-state index contributed by atoms with van der Waals surface area (Å²) in [6, 6.07) is 5.71. The minimum Gasteiger partial charge on any atom is -0.493 e. The molecule has 1 aromatic carbocycles. The van der Waals surface area contributed by atoms with E-state index in [-0.39, 0.29) is 24.0 Å². The molecule has 0 radical (unpaired) electrons. The standard InChI is InChI=1S/C18H27N5O2.HI/c1-12-15(13(2)23(3)22-12)8-9-20-18(19)21-11-14-6-7-16(24-4)17(10-14)25-5;/h6-7,10H,8-9,11H2,1-5H3,(H3,19,20,21);1H. The Morgan fingerprint density at radius 2 is 1.92 bits per heavy atom. The predicted molar refractivity (Wildman–Crippen MR) is 115 cm³/mol. The molecule has 2 rings (SSSR count). The van der Waals surface area contributed by atoms with Crippen LogP contribution in [0.4, 0.5) is 0 Å². The van der Waals surface area contributed by atoms with Gasteiger partial charge in [-0.25, -0.2) is 4.99 Å². The molecule has 0 bridgehead atoms. The molecule has 1 heterocycles. The minimum atomic E-state index is 0. The first kappa shape index (κ1) is 22.1. The van der Waals surface area contributed by atoms with Crippen LogP contribution in [-0.2, 0) is 20.0 Å². The number of nitrogens with zero attached hydrogens (tertiary/aromatic N) is 3. The lowest BCUT2D eigenvalue weighted by Gasteiger charge is -2.09. The van der Waals surface area contributed by atoms with Gasteiger partial charge in [-0.1, -0.05) is 6.07 Å². The van der Waals surface area contributed by atoms with Crippen molar-refractivity contribution in [3.63, 3.8) is 0 Å². The number of aliphatic imine (C=N–C) groups is 1. The zero-order valence-corrected chi connectivity index (χ0v) is 18.3. The molecule has 144 valence electrons. The summed E-state index contributed by atoms with van der Waals surface area (Å²) in [6.07, 6.45) is 0.859. The largest absolute Gasteiger partial charge is 0.493 e. The number of ether oxygens (including phenoxy) is 2. The third-order valence-corrected chi connectivity index (χ3v) is 4.22. The molecule has 3 N–H and O–H groups in total. The molecule has 0 fully saturated rings. The van der Waals surface area contributed by atoms with Gasteiger partial charge in [0, 0.05) is 19.3 Å². The highest BCUT2D eigenvalue weighted by atomic mass is 127. The quantitative estimate of drug-likeness (QED) is 0.366. The van der Waals surface area contributed by atoms with Crippen LogP contribution in [-0.4, -0.2) is 36.5 Å². The second-order valence-electron chi connectivity index (χ2n) is 5.84. The summed E-state index contributed by atoms with van der Waals surface area (Å²) in [5.74, 6) is 1.81. The van der Waals surface area contributed by atoms with Crippen molar-refractivity contribution in [2.75, 3.05) is 20.8 Å². The van der Waals surface area contributed by atoms with Gasteiger partial charge in [-0.2, -0.15) is 5.10 Å². The monoisotopic (exact) mass is 473 g/mol. The maximum Gasteiger partial charge on any atom is 0.188 e. The minimum absolute atomic E-state index is 0. The number of nitrogens with two attached hydrogens (primary N) is 1. The normalized spacial score (nSPS) is 11.0. The second-order valence-corrected chi connectivity index (χ2v) is 5.84. The van der Waals surface area contributed by atoms with E-state index >= 15 is 0 Å². The van der Waals surface area contributed by atoms with E-state index in [0.717, 1.165) is 17.7 Å². The molecule has 7 nitrogen and oxygen atoms in total. The number of hydrogen-bond acceptors (Lipinski definition) is 4. The van der Waals surface area contributed by atoms with Crippen LogP contribution in [0.2, 0.25) is 0 Å². The van der Waals surface area contributed by atoms with Crippen molar-refractivity contribution in [2.45, 2.75) is 26.8 Å². The summed E-state index contributed by atoms with van der Waals surface area (Å²) >= 11 is 0. The van der Waals surface area contributed by atoms with E-state index in [1.54, 1.807) is 14.2 Å². The van der Waals surface area contributed by atoms with Gasteiger partial charge in [0.2, 0.25) is 0 Å². The number of aryl methyl sites for hydroxylation is 2. The maximum atomic E-state index is 5.96. The fraction of sp³-hybridized carbons (Fsp3) is 0.444. The molecule has 0 saturated heterocycles. The fourth-order valence-electron chi connectivity index (χ4n) is 2.71. The molecular weight excluding hydrogens is 445 g/mol. The van der Waals surface area contributed by atoms with Crippen molar-refractivity contribution in [3.8, 4) is 11.5 Å². The highest BCUT2D eigenvalue weighted by molar-refractivity contribution is 14.0. The number of halogens is 1. The lowest BCUT2D eigenvalue weighted by Crippen LogP contribution is -2.33. The molecule has 8 heteroatoms. The van der Waals surface area contributed by atoms with Crippen molar-refractivity contribution in [3.05, 3.63) is 40.7 Å². The van der Waals surface area contributed by atoms with Crippen molar-refractivity contribution in [1.29, 1.82) is 0 Å². The molecule has 26 heavy (non-hydrogen) atoms. The lowest BCUT2D eigenvalue weighted by atomic mass is 10.1. The SMILES string of the molecule is COc1ccc(CN=C(N)NCCc2c(C)nn(C)c2C)cc1OC.I. The molecule has 0 aliphatic heterocycles. The molecule has 2 aromatic rings. The van der Waals surface area contributed by atoms with Gasteiger partial charge in [-0.15, -0.1) is 24.0 Å². The molecule has 0 spiro atoms. The Labute approximate surface area is 172 Å². The highest BCUT2D eigenvalue weighted by Gasteiger charge is 2.08. The van der Waals surface area contributed by atoms with E-state index in [1.807, 2.05) is 36.9 Å². The number of methoxy groups -OCH3 is 2. The summed E-state index contributed by atoms with van der Waals surface area (Å²) in [4.78, 5) is 4.37. The summed E-state index contributed by atoms with van der Waals surface area (Å²) < 4.78 is 12.4. The average molecular weight is 473 g/mol. The zero-order valence-electron chi connectivity index (χ0n) is 16.0. The Morgan fingerprint density at radius 3 is 2.50 bits per heavy atom. The first-order chi connectivity index (χ1) is 12.0. The van der Waals surface area contributed by atoms with Crippen LogP contribution < -0.4 is 20.5 Å². The summed E-state index contributed by atoms with van der Waals surface area (Å²) in [7, 11) is 5.19. The van der Waals surface area contributed by atoms with Gasteiger partial charge in [-0.3, -0.25) is 4.68 Å². The summed E-state index contributed by atoms with van der Waals surface area (Å²) in [5.41, 5.74) is 10.4. The average Bonchev–Trinajstić information content (AvgIpc) is 2.85. The van der Waals surface area contributed by atoms with Gasteiger partial charge in [0.05, 0.1) is 26.5 Å². The third kappa shape index (κ3) is 5.52. The van der Waals surface area contributed by atoms with Crippen LogP contribution in [0.1, 0.15) is 22.5 Å². The van der Waals surface area contributed by atoms with Crippen molar-refractivity contribution in [1.82, 2.24) is 15.1 Å². The van der Waals surface area contributed by atoms with E-state index in [2.05, 4.69) is 22.3 Å². The number of benzene rings is 1. The van der Waals surface area contributed by atoms with Gasteiger partial charge in [0.15, 0.2) is 17.5 Å². The van der Waals surface area contributed by atoms with Gasteiger partial charge >= 0.3 is 0 Å². The number of aromatic nitrogens is 2. The number of nitrogens with one attached hydrogen (secondary N) is 1.